The lowest BCUT2D eigenvalue weighted by Gasteiger charge is -2.09. The zero-order chi connectivity index (χ0) is 17.4. The predicted octanol–water partition coefficient (Wildman–Crippen LogP) is 2.80. The molecule has 2 rings (SSSR count). The molecule has 6 nitrogen and oxygen atoms in total. The normalized spacial score (nSPS) is 11.0. The number of hydrogen-bond donors (Lipinski definition) is 2. The molecule has 1 amide bonds. The number of ether oxygens (including phenoxy) is 2. The largest absolute Gasteiger partial charge is 0.376 e. The van der Waals surface area contributed by atoms with E-state index in [2.05, 4.69) is 10.3 Å². The number of benzene rings is 1. The number of carbonyl (C=O) groups is 1. The Morgan fingerprint density at radius 2 is 2.21 bits per heavy atom. The van der Waals surface area contributed by atoms with Crippen molar-refractivity contribution >= 4 is 22.9 Å². The lowest BCUT2D eigenvalue weighted by atomic mass is 10.2. The molecule has 0 aliphatic rings. The lowest BCUT2D eigenvalue weighted by molar-refractivity contribution is 0.0143. The minimum absolute atomic E-state index is 0.206. The van der Waals surface area contributed by atoms with Gasteiger partial charge in [0, 0.05) is 17.6 Å². The summed E-state index contributed by atoms with van der Waals surface area (Å²) in [6.07, 6.45) is 0.206. The van der Waals surface area contributed by atoms with Crippen molar-refractivity contribution < 1.29 is 14.3 Å². The number of rotatable bonds is 9. The third-order valence-electron chi connectivity index (χ3n) is 3.09. The first kappa shape index (κ1) is 18.5. The Morgan fingerprint density at radius 1 is 1.38 bits per heavy atom. The van der Waals surface area contributed by atoms with Gasteiger partial charge in [-0.1, -0.05) is 12.1 Å². The molecule has 0 saturated carbocycles. The quantitative estimate of drug-likeness (QED) is 0.680. The van der Waals surface area contributed by atoms with Crippen molar-refractivity contribution in [3.8, 4) is 0 Å². The van der Waals surface area contributed by atoms with E-state index in [-0.39, 0.29) is 12.0 Å². The smallest absolute Gasteiger partial charge is 0.275 e. The van der Waals surface area contributed by atoms with E-state index in [0.29, 0.717) is 37.7 Å². The number of hydrogen-bond acceptors (Lipinski definition) is 6. The molecule has 24 heavy (non-hydrogen) atoms. The topological polar surface area (TPSA) is 86.5 Å². The maximum absolute atomic E-state index is 12.2. The Morgan fingerprint density at radius 3 is 2.92 bits per heavy atom. The highest BCUT2D eigenvalue weighted by Gasteiger charge is 2.10. The molecule has 0 saturated heterocycles. The second kappa shape index (κ2) is 9.48. The number of amides is 1. The zero-order valence-corrected chi connectivity index (χ0v) is 14.8. The highest BCUT2D eigenvalue weighted by atomic mass is 32.1. The minimum atomic E-state index is -0.241. The van der Waals surface area contributed by atoms with Crippen LogP contribution in [0.5, 0.6) is 0 Å². The molecule has 0 unspecified atom stereocenters. The Balaban J connectivity index is 1.84. The van der Waals surface area contributed by atoms with Crippen molar-refractivity contribution in [2.45, 2.75) is 33.1 Å². The first-order valence-corrected chi connectivity index (χ1v) is 8.70. The fourth-order valence-electron chi connectivity index (χ4n) is 1.98. The van der Waals surface area contributed by atoms with Crippen molar-refractivity contribution in [2.75, 3.05) is 18.5 Å². The number of nitrogens with one attached hydrogen (secondary N) is 1. The van der Waals surface area contributed by atoms with E-state index >= 15 is 0 Å². The van der Waals surface area contributed by atoms with Gasteiger partial charge in [0.25, 0.3) is 5.91 Å². The van der Waals surface area contributed by atoms with Gasteiger partial charge in [-0.15, -0.1) is 11.3 Å². The molecule has 1 aromatic carbocycles. The van der Waals surface area contributed by atoms with E-state index in [0.717, 1.165) is 10.6 Å². The molecule has 7 heteroatoms. The van der Waals surface area contributed by atoms with E-state index < -0.39 is 0 Å². The Labute approximate surface area is 146 Å². The minimum Gasteiger partial charge on any atom is -0.376 e. The maximum Gasteiger partial charge on any atom is 0.275 e. The number of aromatic nitrogens is 1. The number of nitrogens with two attached hydrogens (primary N) is 1. The first-order chi connectivity index (χ1) is 11.6. The molecule has 0 atom stereocenters. The number of nitrogens with zero attached hydrogens (tertiary/aromatic N) is 1. The van der Waals surface area contributed by atoms with E-state index in [4.69, 9.17) is 15.2 Å². The summed E-state index contributed by atoms with van der Waals surface area (Å²) in [5, 5.41) is 5.29. The van der Waals surface area contributed by atoms with Crippen LogP contribution in [0.1, 0.15) is 34.9 Å². The molecular formula is C17H23N3O3S. The van der Waals surface area contributed by atoms with Crippen molar-refractivity contribution in [1.29, 1.82) is 0 Å². The molecule has 2 aromatic rings. The van der Waals surface area contributed by atoms with Crippen molar-refractivity contribution in [3.05, 3.63) is 45.9 Å². The predicted molar refractivity (Wildman–Crippen MR) is 95.1 cm³/mol. The molecule has 130 valence electrons. The van der Waals surface area contributed by atoms with Gasteiger partial charge in [-0.25, -0.2) is 4.98 Å². The molecular weight excluding hydrogens is 326 g/mol. The second-order valence-electron chi connectivity index (χ2n) is 5.46. The summed E-state index contributed by atoms with van der Waals surface area (Å²) in [5.74, 6) is -0.241. The summed E-state index contributed by atoms with van der Waals surface area (Å²) in [7, 11) is 0. The van der Waals surface area contributed by atoms with Gasteiger partial charge in [-0.3, -0.25) is 4.79 Å². The molecule has 0 bridgehead atoms. The van der Waals surface area contributed by atoms with E-state index in [1.807, 2.05) is 38.1 Å². The summed E-state index contributed by atoms with van der Waals surface area (Å²) >= 11 is 1.38. The summed E-state index contributed by atoms with van der Waals surface area (Å²) in [4.78, 5) is 16.3. The van der Waals surface area contributed by atoms with Gasteiger partial charge in [0.2, 0.25) is 0 Å². The van der Waals surface area contributed by atoms with Gasteiger partial charge in [0.1, 0.15) is 10.7 Å². The van der Waals surface area contributed by atoms with Gasteiger partial charge >= 0.3 is 0 Å². The molecule has 1 heterocycles. The standard InChI is InChI=1S/C17H23N3O3S/c1-12(2)23-7-6-22-10-13-4-3-5-14(8-13)19-17(21)15-11-24-16(9-18)20-15/h3-5,8,11-12H,6-7,9-10,18H2,1-2H3,(H,19,21). The van der Waals surface area contributed by atoms with Crippen molar-refractivity contribution in [2.24, 2.45) is 5.73 Å². The molecule has 0 radical (unpaired) electrons. The van der Waals surface area contributed by atoms with Crippen LogP contribution in [0.15, 0.2) is 29.6 Å². The Hall–Kier alpha value is -1.80. The Kier molecular flexibility index (Phi) is 7.33. The van der Waals surface area contributed by atoms with E-state index in [9.17, 15) is 4.79 Å². The maximum atomic E-state index is 12.2. The zero-order valence-electron chi connectivity index (χ0n) is 14.0. The molecule has 3 N–H and O–H groups in total. The van der Waals surface area contributed by atoms with Gasteiger partial charge in [0.05, 0.1) is 25.9 Å². The molecule has 1 aromatic heterocycles. The molecule has 0 fully saturated rings. The van der Waals surface area contributed by atoms with Crippen LogP contribution in [0.25, 0.3) is 0 Å². The molecule has 0 aliphatic heterocycles. The van der Waals surface area contributed by atoms with Crippen LogP contribution in [0.4, 0.5) is 5.69 Å². The van der Waals surface area contributed by atoms with Gasteiger partial charge in [-0.05, 0) is 31.5 Å². The summed E-state index contributed by atoms with van der Waals surface area (Å²) in [6, 6.07) is 7.55. The molecule has 0 spiro atoms. The summed E-state index contributed by atoms with van der Waals surface area (Å²) in [6.45, 7) is 5.90. The fourth-order valence-corrected chi connectivity index (χ4v) is 2.63. The monoisotopic (exact) mass is 349 g/mol. The van der Waals surface area contributed by atoms with Crippen LogP contribution >= 0.6 is 11.3 Å². The number of thiazole rings is 1. The van der Waals surface area contributed by atoms with Gasteiger partial charge in [0.15, 0.2) is 0 Å². The average Bonchev–Trinajstić information content (AvgIpc) is 3.04. The van der Waals surface area contributed by atoms with Crippen LogP contribution in [0.3, 0.4) is 0 Å². The van der Waals surface area contributed by atoms with E-state index in [1.54, 1.807) is 5.38 Å². The highest BCUT2D eigenvalue weighted by molar-refractivity contribution is 7.09. The highest BCUT2D eigenvalue weighted by Crippen LogP contribution is 2.15. The van der Waals surface area contributed by atoms with Gasteiger partial charge in [-0.2, -0.15) is 0 Å². The summed E-state index contributed by atoms with van der Waals surface area (Å²) < 4.78 is 11.0. The third-order valence-corrected chi connectivity index (χ3v) is 3.96. The van der Waals surface area contributed by atoms with Crippen LogP contribution in [0.2, 0.25) is 0 Å². The van der Waals surface area contributed by atoms with Gasteiger partial charge < -0.3 is 20.5 Å². The van der Waals surface area contributed by atoms with Crippen LogP contribution in [-0.2, 0) is 22.6 Å². The SMILES string of the molecule is CC(C)OCCOCc1cccc(NC(=O)c2csc(CN)n2)c1. The fraction of sp³-hybridized carbons (Fsp3) is 0.412. The van der Waals surface area contributed by atoms with Crippen LogP contribution < -0.4 is 11.1 Å². The average molecular weight is 349 g/mol. The number of carbonyl (C=O) groups excluding carboxylic acids is 1. The summed E-state index contributed by atoms with van der Waals surface area (Å²) in [5.41, 5.74) is 7.59. The van der Waals surface area contributed by atoms with Crippen molar-refractivity contribution in [1.82, 2.24) is 4.98 Å². The lowest BCUT2D eigenvalue weighted by Crippen LogP contribution is -2.13. The number of anilines is 1. The van der Waals surface area contributed by atoms with E-state index in [1.165, 1.54) is 11.3 Å². The Bertz CT molecular complexity index is 658. The molecule has 0 aliphatic carbocycles. The van der Waals surface area contributed by atoms with Crippen LogP contribution in [0, 0.1) is 0 Å². The third kappa shape index (κ3) is 6.01. The first-order valence-electron chi connectivity index (χ1n) is 7.82. The second-order valence-corrected chi connectivity index (χ2v) is 6.40. The van der Waals surface area contributed by atoms with Crippen molar-refractivity contribution in [3.63, 3.8) is 0 Å². The van der Waals surface area contributed by atoms with Crippen LogP contribution in [-0.4, -0.2) is 30.2 Å².